The van der Waals surface area contributed by atoms with E-state index in [0.29, 0.717) is 12.5 Å². The molecule has 1 saturated heterocycles. The summed E-state index contributed by atoms with van der Waals surface area (Å²) < 4.78 is 11.4. The van der Waals surface area contributed by atoms with Crippen LogP contribution in [0.25, 0.3) is 0 Å². The number of morpholine rings is 1. The van der Waals surface area contributed by atoms with E-state index in [0.717, 1.165) is 24.2 Å². The van der Waals surface area contributed by atoms with Crippen LogP contribution in [0.2, 0.25) is 0 Å². The molecule has 1 unspecified atom stereocenters. The van der Waals surface area contributed by atoms with Crippen LogP contribution in [0.5, 0.6) is 5.88 Å². The third kappa shape index (κ3) is 3.79. The van der Waals surface area contributed by atoms with Gasteiger partial charge in [0, 0.05) is 18.4 Å². The number of nitrogens with zero attached hydrogens (tertiary/aromatic N) is 3. The van der Waals surface area contributed by atoms with Crippen LogP contribution in [0.3, 0.4) is 0 Å². The molecule has 5 nitrogen and oxygen atoms in total. The van der Waals surface area contributed by atoms with Gasteiger partial charge in [-0.2, -0.15) is 4.98 Å². The molecule has 0 aliphatic carbocycles. The minimum absolute atomic E-state index is 0.154. The SMILES string of the molecule is CCOc1cncc(N2CC(CBr)OC(C)(C)C2)n1. The minimum atomic E-state index is -0.194. The average molecular weight is 330 g/mol. The summed E-state index contributed by atoms with van der Waals surface area (Å²) in [5.74, 6) is 1.41. The van der Waals surface area contributed by atoms with E-state index in [1.165, 1.54) is 0 Å². The highest BCUT2D eigenvalue weighted by Gasteiger charge is 2.33. The Labute approximate surface area is 122 Å². The van der Waals surface area contributed by atoms with Crippen LogP contribution in [-0.4, -0.2) is 46.7 Å². The van der Waals surface area contributed by atoms with Crippen molar-refractivity contribution in [2.75, 3.05) is 29.9 Å². The Morgan fingerprint density at radius 2 is 2.32 bits per heavy atom. The Morgan fingerprint density at radius 3 is 3.00 bits per heavy atom. The summed E-state index contributed by atoms with van der Waals surface area (Å²) >= 11 is 3.49. The lowest BCUT2D eigenvalue weighted by Crippen LogP contribution is -2.53. The zero-order valence-corrected chi connectivity index (χ0v) is 13.2. The predicted molar refractivity (Wildman–Crippen MR) is 78.2 cm³/mol. The number of anilines is 1. The first kappa shape index (κ1) is 14.5. The largest absolute Gasteiger partial charge is 0.477 e. The molecular weight excluding hydrogens is 310 g/mol. The Bertz CT molecular complexity index is 428. The standard InChI is InChI=1S/C13H20BrN3O2/c1-4-18-12-7-15-6-11(16-12)17-8-10(5-14)19-13(2,3)9-17/h6-7,10H,4-5,8-9H2,1-3H3. The van der Waals surface area contributed by atoms with E-state index >= 15 is 0 Å². The molecule has 0 bridgehead atoms. The molecule has 19 heavy (non-hydrogen) atoms. The highest BCUT2D eigenvalue weighted by Crippen LogP contribution is 2.26. The van der Waals surface area contributed by atoms with Gasteiger partial charge in [-0.05, 0) is 20.8 Å². The summed E-state index contributed by atoms with van der Waals surface area (Å²) in [6.07, 6.45) is 3.57. The van der Waals surface area contributed by atoms with Crippen molar-refractivity contribution in [3.8, 4) is 5.88 Å². The van der Waals surface area contributed by atoms with Crippen LogP contribution in [0.15, 0.2) is 12.4 Å². The highest BCUT2D eigenvalue weighted by atomic mass is 79.9. The molecular formula is C13H20BrN3O2. The van der Waals surface area contributed by atoms with Gasteiger partial charge >= 0.3 is 0 Å². The van der Waals surface area contributed by atoms with Gasteiger partial charge in [0.15, 0.2) is 5.82 Å². The molecule has 0 spiro atoms. The van der Waals surface area contributed by atoms with Crippen molar-refractivity contribution in [2.24, 2.45) is 0 Å². The number of aromatic nitrogens is 2. The first-order valence-electron chi connectivity index (χ1n) is 6.47. The monoisotopic (exact) mass is 329 g/mol. The lowest BCUT2D eigenvalue weighted by atomic mass is 10.1. The van der Waals surface area contributed by atoms with Crippen LogP contribution in [-0.2, 0) is 4.74 Å². The number of rotatable bonds is 4. The number of ether oxygens (including phenoxy) is 2. The number of hydrogen-bond acceptors (Lipinski definition) is 5. The molecule has 106 valence electrons. The van der Waals surface area contributed by atoms with E-state index in [-0.39, 0.29) is 11.7 Å². The molecule has 1 fully saturated rings. The van der Waals surface area contributed by atoms with Gasteiger partial charge < -0.3 is 14.4 Å². The molecule has 1 atom stereocenters. The summed E-state index contributed by atoms with van der Waals surface area (Å²) in [6.45, 7) is 8.31. The minimum Gasteiger partial charge on any atom is -0.477 e. The van der Waals surface area contributed by atoms with Gasteiger partial charge in [-0.15, -0.1) is 0 Å². The maximum atomic E-state index is 5.98. The Morgan fingerprint density at radius 1 is 1.53 bits per heavy atom. The van der Waals surface area contributed by atoms with Gasteiger partial charge in [-0.25, -0.2) is 0 Å². The third-order valence-electron chi connectivity index (χ3n) is 2.87. The van der Waals surface area contributed by atoms with Crippen molar-refractivity contribution in [3.05, 3.63) is 12.4 Å². The summed E-state index contributed by atoms with van der Waals surface area (Å²) in [7, 11) is 0. The molecule has 1 aromatic rings. The van der Waals surface area contributed by atoms with E-state index in [9.17, 15) is 0 Å². The second-order valence-corrected chi connectivity index (χ2v) is 5.83. The topological polar surface area (TPSA) is 47.5 Å². The maximum absolute atomic E-state index is 5.98. The van der Waals surface area contributed by atoms with Crippen molar-refractivity contribution in [3.63, 3.8) is 0 Å². The van der Waals surface area contributed by atoms with E-state index in [4.69, 9.17) is 9.47 Å². The molecule has 2 rings (SSSR count). The molecule has 0 saturated carbocycles. The fourth-order valence-electron chi connectivity index (χ4n) is 2.26. The number of halogens is 1. The maximum Gasteiger partial charge on any atom is 0.234 e. The molecule has 1 aliphatic heterocycles. The van der Waals surface area contributed by atoms with E-state index in [1.807, 2.05) is 6.92 Å². The second kappa shape index (κ2) is 6.05. The van der Waals surface area contributed by atoms with Crippen LogP contribution in [0.4, 0.5) is 5.82 Å². The quantitative estimate of drug-likeness (QED) is 0.793. The van der Waals surface area contributed by atoms with Gasteiger partial charge in [-0.1, -0.05) is 15.9 Å². The average Bonchev–Trinajstić information content (AvgIpc) is 2.37. The molecule has 0 amide bonds. The van der Waals surface area contributed by atoms with Crippen molar-refractivity contribution in [2.45, 2.75) is 32.5 Å². The Hall–Kier alpha value is -0.880. The van der Waals surface area contributed by atoms with Crippen LogP contribution in [0.1, 0.15) is 20.8 Å². The molecule has 1 aromatic heterocycles. The van der Waals surface area contributed by atoms with E-state index in [1.54, 1.807) is 12.4 Å². The summed E-state index contributed by atoms with van der Waals surface area (Å²) in [5.41, 5.74) is -0.194. The summed E-state index contributed by atoms with van der Waals surface area (Å²) in [5, 5.41) is 0.811. The van der Waals surface area contributed by atoms with Crippen LogP contribution >= 0.6 is 15.9 Å². The van der Waals surface area contributed by atoms with Crippen molar-refractivity contribution < 1.29 is 9.47 Å². The lowest BCUT2D eigenvalue weighted by Gasteiger charge is -2.42. The number of hydrogen-bond donors (Lipinski definition) is 0. The molecule has 0 aromatic carbocycles. The Balaban J connectivity index is 2.17. The van der Waals surface area contributed by atoms with Gasteiger partial charge in [0.2, 0.25) is 5.88 Å². The van der Waals surface area contributed by atoms with Crippen molar-refractivity contribution >= 4 is 21.7 Å². The zero-order valence-electron chi connectivity index (χ0n) is 11.6. The number of alkyl halides is 1. The van der Waals surface area contributed by atoms with Crippen LogP contribution in [0, 0.1) is 0 Å². The molecule has 6 heteroatoms. The fraction of sp³-hybridized carbons (Fsp3) is 0.692. The normalized spacial score (nSPS) is 22.3. The fourth-order valence-corrected chi connectivity index (χ4v) is 2.60. The highest BCUT2D eigenvalue weighted by molar-refractivity contribution is 9.09. The second-order valence-electron chi connectivity index (χ2n) is 5.18. The van der Waals surface area contributed by atoms with Gasteiger partial charge in [0.05, 0.1) is 30.7 Å². The lowest BCUT2D eigenvalue weighted by molar-refractivity contribution is -0.0726. The molecule has 1 aliphatic rings. The van der Waals surface area contributed by atoms with Crippen molar-refractivity contribution in [1.29, 1.82) is 0 Å². The van der Waals surface area contributed by atoms with Gasteiger partial charge in [0.1, 0.15) is 0 Å². The zero-order chi connectivity index (χ0) is 13.9. The Kier molecular flexibility index (Phi) is 4.62. The van der Waals surface area contributed by atoms with E-state index in [2.05, 4.69) is 44.6 Å². The molecule has 0 radical (unpaired) electrons. The smallest absolute Gasteiger partial charge is 0.234 e. The summed E-state index contributed by atoms with van der Waals surface area (Å²) in [4.78, 5) is 10.9. The van der Waals surface area contributed by atoms with Gasteiger partial charge in [0.25, 0.3) is 0 Å². The van der Waals surface area contributed by atoms with Crippen LogP contribution < -0.4 is 9.64 Å². The predicted octanol–water partition coefficient (Wildman–Crippen LogP) is 2.25. The molecule has 2 heterocycles. The van der Waals surface area contributed by atoms with Crippen molar-refractivity contribution in [1.82, 2.24) is 9.97 Å². The first-order chi connectivity index (χ1) is 9.04. The third-order valence-corrected chi connectivity index (χ3v) is 3.59. The summed E-state index contributed by atoms with van der Waals surface area (Å²) in [6, 6.07) is 0. The first-order valence-corrected chi connectivity index (χ1v) is 7.60. The molecule has 0 N–H and O–H groups in total. The van der Waals surface area contributed by atoms with Gasteiger partial charge in [-0.3, -0.25) is 4.98 Å². The van der Waals surface area contributed by atoms with E-state index < -0.39 is 0 Å².